The van der Waals surface area contributed by atoms with Crippen LogP contribution in [0.1, 0.15) is 30.5 Å². The number of nitrogens with zero attached hydrogens (tertiary/aromatic N) is 1. The van der Waals surface area contributed by atoms with Crippen LogP contribution in [-0.2, 0) is 20.9 Å². The molecule has 3 amide bonds. The molecule has 158 valence electrons. The van der Waals surface area contributed by atoms with Crippen LogP contribution in [0.25, 0.3) is 0 Å². The summed E-state index contributed by atoms with van der Waals surface area (Å²) < 4.78 is 5.12. The number of rotatable bonds is 8. The molecule has 0 bridgehead atoms. The van der Waals surface area contributed by atoms with E-state index in [1.54, 1.807) is 4.90 Å². The van der Waals surface area contributed by atoms with Gasteiger partial charge in [0.15, 0.2) is 0 Å². The Morgan fingerprint density at radius 1 is 1.03 bits per heavy atom. The molecule has 0 aromatic heterocycles. The van der Waals surface area contributed by atoms with E-state index in [0.29, 0.717) is 6.54 Å². The fourth-order valence-electron chi connectivity index (χ4n) is 3.46. The average molecular weight is 409 g/mol. The molecular formula is C23H27N3O4. The molecule has 1 aliphatic rings. The van der Waals surface area contributed by atoms with Gasteiger partial charge in [0.05, 0.1) is 12.0 Å². The highest BCUT2D eigenvalue weighted by molar-refractivity contribution is 5.89. The minimum Gasteiger partial charge on any atom is -0.445 e. The van der Waals surface area contributed by atoms with Gasteiger partial charge in [-0.2, -0.15) is 0 Å². The maximum Gasteiger partial charge on any atom is 0.407 e. The van der Waals surface area contributed by atoms with Gasteiger partial charge in [0.2, 0.25) is 11.8 Å². The molecule has 0 spiro atoms. The summed E-state index contributed by atoms with van der Waals surface area (Å²) in [5.41, 5.74) is 1.95. The minimum absolute atomic E-state index is 0.0193. The number of ether oxygens (including phenoxy) is 1. The highest BCUT2D eigenvalue weighted by Gasteiger charge is 2.36. The molecule has 2 unspecified atom stereocenters. The highest BCUT2D eigenvalue weighted by Crippen LogP contribution is 2.28. The summed E-state index contributed by atoms with van der Waals surface area (Å²) >= 11 is 0. The van der Waals surface area contributed by atoms with Gasteiger partial charge in [-0.05, 0) is 18.1 Å². The molecule has 3 rings (SSSR count). The molecule has 1 heterocycles. The molecule has 2 atom stereocenters. The molecule has 0 saturated carbocycles. The number of benzene rings is 2. The number of likely N-dealkylation sites (tertiary alicyclic amines) is 1. The van der Waals surface area contributed by atoms with Crippen molar-refractivity contribution >= 4 is 17.9 Å². The SMILES string of the molecule is CC(c1ccccc1)N1CC(C(=O)NCCNC(=O)OCc2ccccc2)CC1=O. The largest absolute Gasteiger partial charge is 0.445 e. The first kappa shape index (κ1) is 21.4. The third-order valence-corrected chi connectivity index (χ3v) is 5.19. The lowest BCUT2D eigenvalue weighted by atomic mass is 10.1. The van der Waals surface area contributed by atoms with Crippen LogP contribution >= 0.6 is 0 Å². The number of carbonyl (C=O) groups is 3. The Labute approximate surface area is 176 Å². The van der Waals surface area contributed by atoms with Gasteiger partial charge in [-0.3, -0.25) is 9.59 Å². The van der Waals surface area contributed by atoms with Crippen LogP contribution in [0.4, 0.5) is 4.79 Å². The normalized spacial score (nSPS) is 16.8. The van der Waals surface area contributed by atoms with Crippen molar-refractivity contribution in [2.24, 2.45) is 5.92 Å². The van der Waals surface area contributed by atoms with Gasteiger partial charge >= 0.3 is 6.09 Å². The molecule has 2 aromatic carbocycles. The molecule has 7 heteroatoms. The van der Waals surface area contributed by atoms with Crippen LogP contribution in [0, 0.1) is 5.92 Å². The zero-order valence-corrected chi connectivity index (χ0v) is 17.0. The van der Waals surface area contributed by atoms with Gasteiger partial charge in [0.1, 0.15) is 6.61 Å². The van der Waals surface area contributed by atoms with Gasteiger partial charge in [0.25, 0.3) is 0 Å². The van der Waals surface area contributed by atoms with Crippen molar-refractivity contribution in [3.63, 3.8) is 0 Å². The Kier molecular flexibility index (Phi) is 7.43. The summed E-state index contributed by atoms with van der Waals surface area (Å²) in [6, 6.07) is 19.1. The van der Waals surface area contributed by atoms with E-state index in [1.807, 2.05) is 67.6 Å². The highest BCUT2D eigenvalue weighted by atomic mass is 16.5. The standard InChI is InChI=1S/C23H27N3O4/c1-17(19-10-6-3-7-11-19)26-15-20(14-21(26)27)22(28)24-12-13-25-23(29)30-16-18-8-4-2-5-9-18/h2-11,17,20H,12-16H2,1H3,(H,24,28)(H,25,29). The predicted molar refractivity (Wildman–Crippen MR) is 112 cm³/mol. The molecule has 2 aromatic rings. The molecular weight excluding hydrogens is 382 g/mol. The zero-order valence-electron chi connectivity index (χ0n) is 17.0. The number of hydrogen-bond donors (Lipinski definition) is 2. The van der Waals surface area contributed by atoms with Gasteiger partial charge < -0.3 is 20.3 Å². The minimum atomic E-state index is -0.535. The first-order valence-electron chi connectivity index (χ1n) is 10.1. The third-order valence-electron chi connectivity index (χ3n) is 5.19. The second-order valence-corrected chi connectivity index (χ2v) is 7.31. The zero-order chi connectivity index (χ0) is 21.3. The topological polar surface area (TPSA) is 87.7 Å². The summed E-state index contributed by atoms with van der Waals surface area (Å²) in [6.07, 6.45) is -0.331. The Morgan fingerprint density at radius 2 is 1.67 bits per heavy atom. The summed E-state index contributed by atoms with van der Waals surface area (Å²) in [5.74, 6) is -0.576. The maximum absolute atomic E-state index is 12.4. The Balaban J connectivity index is 1.36. The van der Waals surface area contributed by atoms with E-state index in [4.69, 9.17) is 4.74 Å². The Hall–Kier alpha value is -3.35. The lowest BCUT2D eigenvalue weighted by molar-refractivity contribution is -0.130. The third kappa shape index (κ3) is 5.83. The fraction of sp³-hybridized carbons (Fsp3) is 0.348. The predicted octanol–water partition coefficient (Wildman–Crippen LogP) is 2.64. The molecule has 1 fully saturated rings. The lowest BCUT2D eigenvalue weighted by Crippen LogP contribution is -2.38. The molecule has 2 N–H and O–H groups in total. The van der Waals surface area contributed by atoms with Crippen LogP contribution < -0.4 is 10.6 Å². The van der Waals surface area contributed by atoms with Crippen LogP contribution in [0.15, 0.2) is 60.7 Å². The number of hydrogen-bond acceptors (Lipinski definition) is 4. The van der Waals surface area contributed by atoms with Crippen molar-refractivity contribution < 1.29 is 19.1 Å². The van der Waals surface area contributed by atoms with Crippen molar-refractivity contribution in [2.75, 3.05) is 19.6 Å². The number of nitrogens with one attached hydrogen (secondary N) is 2. The van der Waals surface area contributed by atoms with Crippen molar-refractivity contribution in [2.45, 2.75) is 26.0 Å². The van der Waals surface area contributed by atoms with Crippen LogP contribution in [0.2, 0.25) is 0 Å². The van der Waals surface area contributed by atoms with Crippen molar-refractivity contribution in [1.82, 2.24) is 15.5 Å². The van der Waals surface area contributed by atoms with E-state index in [2.05, 4.69) is 10.6 Å². The fourth-order valence-corrected chi connectivity index (χ4v) is 3.46. The quantitative estimate of drug-likeness (QED) is 0.656. The van der Waals surface area contributed by atoms with Crippen molar-refractivity contribution in [1.29, 1.82) is 0 Å². The summed E-state index contributed by atoms with van der Waals surface area (Å²) in [4.78, 5) is 38.3. The first-order chi connectivity index (χ1) is 14.5. The van der Waals surface area contributed by atoms with E-state index in [1.165, 1.54) is 0 Å². The van der Waals surface area contributed by atoms with Crippen molar-refractivity contribution in [3.05, 3.63) is 71.8 Å². The molecule has 30 heavy (non-hydrogen) atoms. The molecule has 1 saturated heterocycles. The van der Waals surface area contributed by atoms with Gasteiger partial charge in [-0.25, -0.2) is 4.79 Å². The number of alkyl carbamates (subject to hydrolysis) is 1. The summed E-state index contributed by atoms with van der Waals surface area (Å²) in [7, 11) is 0. The van der Waals surface area contributed by atoms with E-state index in [-0.39, 0.29) is 49.9 Å². The van der Waals surface area contributed by atoms with Crippen LogP contribution in [-0.4, -0.2) is 42.4 Å². The molecule has 0 radical (unpaired) electrons. The van der Waals surface area contributed by atoms with Crippen LogP contribution in [0.3, 0.4) is 0 Å². The monoisotopic (exact) mass is 409 g/mol. The molecule has 7 nitrogen and oxygen atoms in total. The molecule has 1 aliphatic heterocycles. The number of amides is 3. The van der Waals surface area contributed by atoms with E-state index < -0.39 is 6.09 Å². The smallest absolute Gasteiger partial charge is 0.407 e. The van der Waals surface area contributed by atoms with E-state index in [9.17, 15) is 14.4 Å². The first-order valence-corrected chi connectivity index (χ1v) is 10.1. The second-order valence-electron chi connectivity index (χ2n) is 7.31. The maximum atomic E-state index is 12.4. The van der Waals surface area contributed by atoms with E-state index >= 15 is 0 Å². The van der Waals surface area contributed by atoms with Gasteiger partial charge in [-0.1, -0.05) is 60.7 Å². The van der Waals surface area contributed by atoms with Gasteiger partial charge in [-0.15, -0.1) is 0 Å². The molecule has 0 aliphatic carbocycles. The van der Waals surface area contributed by atoms with E-state index in [0.717, 1.165) is 11.1 Å². The number of carbonyl (C=O) groups excluding carboxylic acids is 3. The Bertz CT molecular complexity index is 857. The average Bonchev–Trinajstić information content (AvgIpc) is 3.17. The summed E-state index contributed by atoms with van der Waals surface area (Å²) in [6.45, 7) is 3.09. The summed E-state index contributed by atoms with van der Waals surface area (Å²) in [5, 5.41) is 5.39. The second kappa shape index (κ2) is 10.4. The lowest BCUT2D eigenvalue weighted by Gasteiger charge is -2.25. The Morgan fingerprint density at radius 3 is 2.37 bits per heavy atom. The van der Waals surface area contributed by atoms with Crippen molar-refractivity contribution in [3.8, 4) is 0 Å². The van der Waals surface area contributed by atoms with Gasteiger partial charge in [0, 0.05) is 26.1 Å². The van der Waals surface area contributed by atoms with Crippen LogP contribution in [0.5, 0.6) is 0 Å².